The maximum atomic E-state index is 12.2. The van der Waals surface area contributed by atoms with Crippen LogP contribution in [0.25, 0.3) is 0 Å². The highest BCUT2D eigenvalue weighted by Crippen LogP contribution is 2.19. The number of benzene rings is 2. The van der Waals surface area contributed by atoms with Crippen molar-refractivity contribution in [1.29, 1.82) is 0 Å². The summed E-state index contributed by atoms with van der Waals surface area (Å²) in [5, 5.41) is 7.09. The number of carbonyl (C=O) groups excluding carboxylic acids is 1. The second-order valence-corrected chi connectivity index (χ2v) is 6.72. The van der Waals surface area contributed by atoms with Crippen molar-refractivity contribution in [3.8, 4) is 5.75 Å². The normalized spacial score (nSPS) is 16.4. The summed E-state index contributed by atoms with van der Waals surface area (Å²) in [5.74, 6) is 0.793. The number of amides is 1. The molecule has 26 heavy (non-hydrogen) atoms. The van der Waals surface area contributed by atoms with E-state index in [9.17, 15) is 4.79 Å². The van der Waals surface area contributed by atoms with Gasteiger partial charge in [0.15, 0.2) is 0 Å². The fraction of sp³-hybridized carbons (Fsp3) is 0.350. The molecule has 3 rings (SSSR count). The first-order valence-electron chi connectivity index (χ1n) is 8.66. The van der Waals surface area contributed by atoms with Gasteiger partial charge in [-0.25, -0.2) is 0 Å². The molecule has 140 valence electrons. The van der Waals surface area contributed by atoms with Gasteiger partial charge < -0.3 is 15.4 Å². The molecule has 1 saturated heterocycles. The lowest BCUT2D eigenvalue weighted by Crippen LogP contribution is -2.46. The second-order valence-electron chi connectivity index (χ2n) is 6.32. The van der Waals surface area contributed by atoms with Crippen molar-refractivity contribution in [3.63, 3.8) is 0 Å². The molecule has 2 N–H and O–H groups in total. The molecule has 0 spiro atoms. The second kappa shape index (κ2) is 10.4. The van der Waals surface area contributed by atoms with E-state index in [1.165, 1.54) is 0 Å². The lowest BCUT2D eigenvalue weighted by Gasteiger charge is -2.23. The van der Waals surface area contributed by atoms with Crippen molar-refractivity contribution in [1.82, 2.24) is 10.6 Å². The number of carbonyl (C=O) groups is 1. The number of piperidine rings is 1. The van der Waals surface area contributed by atoms with Gasteiger partial charge in [-0.1, -0.05) is 41.9 Å². The SMILES string of the molecule is Cl.O=C(Cc1cccc(OCc2ccccc2Cl)c1)N[C@H]1CCCNC1. The van der Waals surface area contributed by atoms with E-state index >= 15 is 0 Å². The van der Waals surface area contributed by atoms with Gasteiger partial charge in [0.25, 0.3) is 0 Å². The number of rotatable bonds is 6. The Hall–Kier alpha value is -1.75. The fourth-order valence-corrected chi connectivity index (χ4v) is 3.15. The molecule has 1 atom stereocenters. The van der Waals surface area contributed by atoms with E-state index in [-0.39, 0.29) is 24.4 Å². The lowest BCUT2D eigenvalue weighted by molar-refractivity contribution is -0.121. The zero-order valence-corrected chi connectivity index (χ0v) is 16.1. The van der Waals surface area contributed by atoms with Crippen LogP contribution in [0.5, 0.6) is 5.75 Å². The molecule has 1 fully saturated rings. The Bertz CT molecular complexity index is 718. The molecule has 6 heteroatoms. The molecule has 0 bridgehead atoms. The summed E-state index contributed by atoms with van der Waals surface area (Å²) in [5.41, 5.74) is 1.88. The molecular formula is C20H24Cl2N2O2. The third kappa shape index (κ3) is 6.20. The average Bonchev–Trinajstić information content (AvgIpc) is 2.62. The van der Waals surface area contributed by atoms with Crippen molar-refractivity contribution in [2.24, 2.45) is 0 Å². The van der Waals surface area contributed by atoms with Crippen LogP contribution in [-0.4, -0.2) is 25.0 Å². The number of halogens is 2. The minimum absolute atomic E-state index is 0. The van der Waals surface area contributed by atoms with Crippen LogP contribution < -0.4 is 15.4 Å². The predicted octanol–water partition coefficient (Wildman–Crippen LogP) is 3.75. The Morgan fingerprint density at radius 1 is 1.23 bits per heavy atom. The van der Waals surface area contributed by atoms with Crippen LogP contribution in [0.4, 0.5) is 0 Å². The Balaban J connectivity index is 0.00000243. The Kier molecular flexibility index (Phi) is 8.23. The van der Waals surface area contributed by atoms with E-state index in [1.54, 1.807) is 0 Å². The summed E-state index contributed by atoms with van der Waals surface area (Å²) >= 11 is 6.15. The first-order valence-corrected chi connectivity index (χ1v) is 9.04. The van der Waals surface area contributed by atoms with E-state index < -0.39 is 0 Å². The van der Waals surface area contributed by atoms with Crippen molar-refractivity contribution in [3.05, 3.63) is 64.7 Å². The van der Waals surface area contributed by atoms with Gasteiger partial charge in [-0.05, 0) is 43.1 Å². The zero-order valence-electron chi connectivity index (χ0n) is 14.5. The maximum Gasteiger partial charge on any atom is 0.224 e. The molecule has 0 saturated carbocycles. The van der Waals surface area contributed by atoms with E-state index in [2.05, 4.69) is 10.6 Å². The van der Waals surface area contributed by atoms with E-state index in [1.807, 2.05) is 48.5 Å². The number of nitrogens with one attached hydrogen (secondary N) is 2. The van der Waals surface area contributed by atoms with Crippen molar-refractivity contribution < 1.29 is 9.53 Å². The Labute approximate surface area is 165 Å². The molecule has 0 unspecified atom stereocenters. The summed E-state index contributed by atoms with van der Waals surface area (Å²) in [6.07, 6.45) is 2.51. The fourth-order valence-electron chi connectivity index (χ4n) is 2.96. The number of hydrogen-bond donors (Lipinski definition) is 2. The molecule has 0 aliphatic carbocycles. The summed E-state index contributed by atoms with van der Waals surface area (Å²) in [6, 6.07) is 15.5. The molecule has 4 nitrogen and oxygen atoms in total. The van der Waals surface area contributed by atoms with Crippen LogP contribution in [0.1, 0.15) is 24.0 Å². The van der Waals surface area contributed by atoms with E-state index in [0.29, 0.717) is 18.1 Å². The standard InChI is InChI=1S/C20H23ClN2O2.ClH/c21-19-9-2-1-6-16(19)14-25-18-8-3-5-15(11-18)12-20(24)23-17-7-4-10-22-13-17;/h1-3,5-6,8-9,11,17,22H,4,7,10,12-14H2,(H,23,24);1H/t17-;/m0./s1. The molecule has 1 heterocycles. The minimum atomic E-state index is 0. The van der Waals surface area contributed by atoms with E-state index in [0.717, 1.165) is 42.8 Å². The van der Waals surface area contributed by atoms with Gasteiger partial charge in [0.1, 0.15) is 12.4 Å². The molecular weight excluding hydrogens is 371 g/mol. The molecule has 1 amide bonds. The summed E-state index contributed by atoms with van der Waals surface area (Å²) in [7, 11) is 0. The number of hydrogen-bond acceptors (Lipinski definition) is 3. The molecule has 0 aromatic heterocycles. The first-order chi connectivity index (χ1) is 12.2. The molecule has 2 aromatic rings. The Morgan fingerprint density at radius 2 is 2.08 bits per heavy atom. The van der Waals surface area contributed by atoms with Gasteiger partial charge in [-0.15, -0.1) is 12.4 Å². The molecule has 2 aromatic carbocycles. The zero-order chi connectivity index (χ0) is 17.5. The topological polar surface area (TPSA) is 50.4 Å². The quantitative estimate of drug-likeness (QED) is 0.783. The average molecular weight is 395 g/mol. The summed E-state index contributed by atoms with van der Waals surface area (Å²) in [6.45, 7) is 2.30. The summed E-state index contributed by atoms with van der Waals surface area (Å²) in [4.78, 5) is 12.2. The third-order valence-electron chi connectivity index (χ3n) is 4.28. The third-order valence-corrected chi connectivity index (χ3v) is 4.65. The van der Waals surface area contributed by atoms with E-state index in [4.69, 9.17) is 16.3 Å². The van der Waals surface area contributed by atoms with Crippen molar-refractivity contribution in [2.45, 2.75) is 31.9 Å². The lowest BCUT2D eigenvalue weighted by atomic mass is 10.1. The van der Waals surface area contributed by atoms with Gasteiger partial charge >= 0.3 is 0 Å². The predicted molar refractivity (Wildman–Crippen MR) is 107 cm³/mol. The molecule has 1 aliphatic heterocycles. The monoisotopic (exact) mass is 394 g/mol. The van der Waals surface area contributed by atoms with Crippen molar-refractivity contribution in [2.75, 3.05) is 13.1 Å². The van der Waals surface area contributed by atoms with Crippen LogP contribution in [-0.2, 0) is 17.8 Å². The van der Waals surface area contributed by atoms with Gasteiger partial charge in [0, 0.05) is 23.2 Å². The van der Waals surface area contributed by atoms with Crippen LogP contribution >= 0.6 is 24.0 Å². The summed E-state index contributed by atoms with van der Waals surface area (Å²) < 4.78 is 5.82. The van der Waals surface area contributed by atoms with Gasteiger partial charge in [0.2, 0.25) is 5.91 Å². The smallest absolute Gasteiger partial charge is 0.224 e. The minimum Gasteiger partial charge on any atom is -0.489 e. The Morgan fingerprint density at radius 3 is 2.85 bits per heavy atom. The van der Waals surface area contributed by atoms with Crippen LogP contribution in [0.15, 0.2) is 48.5 Å². The largest absolute Gasteiger partial charge is 0.489 e. The van der Waals surface area contributed by atoms with Crippen molar-refractivity contribution >= 4 is 29.9 Å². The van der Waals surface area contributed by atoms with Gasteiger partial charge in [0.05, 0.1) is 6.42 Å². The highest BCUT2D eigenvalue weighted by molar-refractivity contribution is 6.31. The maximum absolute atomic E-state index is 12.2. The first kappa shape index (κ1) is 20.6. The van der Waals surface area contributed by atoms with Crippen LogP contribution in [0.3, 0.4) is 0 Å². The highest BCUT2D eigenvalue weighted by Gasteiger charge is 2.15. The van der Waals surface area contributed by atoms with Gasteiger partial charge in [-0.2, -0.15) is 0 Å². The highest BCUT2D eigenvalue weighted by atomic mass is 35.5. The molecule has 1 aliphatic rings. The van der Waals surface area contributed by atoms with Gasteiger partial charge in [-0.3, -0.25) is 4.79 Å². The molecule has 0 radical (unpaired) electrons. The van der Waals surface area contributed by atoms with Crippen LogP contribution in [0.2, 0.25) is 5.02 Å². The van der Waals surface area contributed by atoms with Crippen LogP contribution in [0, 0.1) is 0 Å². The number of ether oxygens (including phenoxy) is 1.